The average Bonchev–Trinajstić information content (AvgIpc) is 3.02. The Morgan fingerprint density at radius 3 is 2.36 bits per heavy atom. The minimum atomic E-state index is -0.121. The molecule has 1 N–H and O–H groups in total. The maximum absolute atomic E-state index is 12.8. The first kappa shape index (κ1) is 16.5. The van der Waals surface area contributed by atoms with Crippen molar-refractivity contribution in [1.82, 2.24) is 5.32 Å². The fourth-order valence-electron chi connectivity index (χ4n) is 4.10. The predicted molar refractivity (Wildman–Crippen MR) is 104 cm³/mol. The number of hydrogen-bond acceptors (Lipinski definition) is 2. The lowest BCUT2D eigenvalue weighted by atomic mass is 9.75. The molecule has 4 rings (SSSR count). The smallest absolute Gasteiger partial charge is 0.221 e. The number of thioether (sulfide) groups is 1. The van der Waals surface area contributed by atoms with E-state index in [0.717, 1.165) is 25.7 Å². The van der Waals surface area contributed by atoms with Gasteiger partial charge < -0.3 is 5.32 Å². The van der Waals surface area contributed by atoms with Gasteiger partial charge in [0, 0.05) is 11.8 Å². The molecule has 2 aliphatic rings. The van der Waals surface area contributed by atoms with Gasteiger partial charge in [0.25, 0.3) is 0 Å². The van der Waals surface area contributed by atoms with Crippen LogP contribution in [0.4, 0.5) is 0 Å². The maximum Gasteiger partial charge on any atom is 0.221 e. The SMILES string of the molecule is O=C(CC1(c2ccccc2)Cc2ccccc2C1)NC1CCC=CS1. The van der Waals surface area contributed by atoms with Crippen LogP contribution in [0.15, 0.2) is 66.1 Å². The van der Waals surface area contributed by atoms with Gasteiger partial charge >= 0.3 is 0 Å². The topological polar surface area (TPSA) is 29.1 Å². The standard InChI is InChI=1S/C22H23NOS/c24-20(23-21-12-6-7-13-25-21)16-22(19-10-2-1-3-11-19)14-17-8-4-5-9-18(17)15-22/h1-5,7-11,13,21H,6,12,14-16H2,(H,23,24). The van der Waals surface area contributed by atoms with Crippen LogP contribution in [-0.4, -0.2) is 11.3 Å². The van der Waals surface area contributed by atoms with Crippen molar-refractivity contribution >= 4 is 17.7 Å². The summed E-state index contributed by atoms with van der Waals surface area (Å²) in [6, 6.07) is 19.2. The first-order valence-corrected chi connectivity index (χ1v) is 9.92. The Balaban J connectivity index is 1.57. The highest BCUT2D eigenvalue weighted by Gasteiger charge is 2.40. The van der Waals surface area contributed by atoms with Gasteiger partial charge in [-0.25, -0.2) is 0 Å². The van der Waals surface area contributed by atoms with Gasteiger partial charge in [-0.15, -0.1) is 11.8 Å². The molecule has 2 aromatic rings. The van der Waals surface area contributed by atoms with Crippen molar-refractivity contribution in [3.05, 3.63) is 82.8 Å². The summed E-state index contributed by atoms with van der Waals surface area (Å²) in [6.45, 7) is 0. The lowest BCUT2D eigenvalue weighted by Gasteiger charge is -2.30. The van der Waals surface area contributed by atoms with Gasteiger partial charge in [-0.05, 0) is 47.8 Å². The van der Waals surface area contributed by atoms with Crippen LogP contribution in [0.2, 0.25) is 0 Å². The molecule has 3 heteroatoms. The molecule has 1 unspecified atom stereocenters. The second-order valence-corrected chi connectivity index (χ2v) is 8.20. The number of rotatable bonds is 4. The van der Waals surface area contributed by atoms with E-state index < -0.39 is 0 Å². The molecule has 0 fully saturated rings. The average molecular weight is 349 g/mol. The molecule has 2 nitrogen and oxygen atoms in total. The molecule has 1 aliphatic heterocycles. The quantitative estimate of drug-likeness (QED) is 0.874. The summed E-state index contributed by atoms with van der Waals surface area (Å²) in [5, 5.41) is 5.56. The van der Waals surface area contributed by atoms with Gasteiger partial charge in [0.15, 0.2) is 0 Å². The molecule has 0 saturated carbocycles. The van der Waals surface area contributed by atoms with E-state index in [9.17, 15) is 4.79 Å². The van der Waals surface area contributed by atoms with Gasteiger partial charge in [0.2, 0.25) is 5.91 Å². The van der Waals surface area contributed by atoms with E-state index in [2.05, 4.69) is 65.3 Å². The van der Waals surface area contributed by atoms with E-state index >= 15 is 0 Å². The molecular formula is C22H23NOS. The zero-order valence-electron chi connectivity index (χ0n) is 14.3. The highest BCUT2D eigenvalue weighted by Crippen LogP contribution is 2.42. The minimum absolute atomic E-state index is 0.121. The first-order chi connectivity index (χ1) is 12.3. The molecule has 2 aromatic carbocycles. The van der Waals surface area contributed by atoms with Crippen molar-refractivity contribution in [3.8, 4) is 0 Å². The number of allylic oxidation sites excluding steroid dienone is 1. The molecular weight excluding hydrogens is 326 g/mol. The molecule has 1 amide bonds. The third kappa shape index (κ3) is 3.52. The second kappa shape index (κ2) is 7.09. The Labute approximate surface area is 153 Å². The maximum atomic E-state index is 12.8. The van der Waals surface area contributed by atoms with Crippen molar-refractivity contribution in [2.75, 3.05) is 0 Å². The summed E-state index contributed by atoms with van der Waals surface area (Å²) in [4.78, 5) is 12.8. The molecule has 0 radical (unpaired) electrons. The van der Waals surface area contributed by atoms with Crippen molar-refractivity contribution in [1.29, 1.82) is 0 Å². The molecule has 0 bridgehead atoms. The van der Waals surface area contributed by atoms with E-state index in [0.29, 0.717) is 6.42 Å². The van der Waals surface area contributed by atoms with E-state index in [1.807, 2.05) is 6.07 Å². The summed E-state index contributed by atoms with van der Waals surface area (Å²) in [7, 11) is 0. The fraction of sp³-hybridized carbons (Fsp3) is 0.318. The van der Waals surface area contributed by atoms with Crippen LogP contribution < -0.4 is 5.32 Å². The molecule has 1 atom stereocenters. The summed E-state index contributed by atoms with van der Waals surface area (Å²) in [5.74, 6) is 0.171. The van der Waals surface area contributed by atoms with Gasteiger partial charge in [-0.1, -0.05) is 60.7 Å². The number of carbonyl (C=O) groups excluding carboxylic acids is 1. The van der Waals surface area contributed by atoms with E-state index in [-0.39, 0.29) is 16.7 Å². The monoisotopic (exact) mass is 349 g/mol. The number of nitrogens with one attached hydrogen (secondary N) is 1. The molecule has 0 saturated heterocycles. The van der Waals surface area contributed by atoms with Crippen molar-refractivity contribution in [2.45, 2.75) is 42.9 Å². The van der Waals surface area contributed by atoms with Gasteiger partial charge in [-0.2, -0.15) is 0 Å². The van der Waals surface area contributed by atoms with E-state index in [1.54, 1.807) is 11.8 Å². The molecule has 0 aromatic heterocycles. The second-order valence-electron chi connectivity index (χ2n) is 7.09. The third-order valence-corrected chi connectivity index (χ3v) is 6.35. The normalized spacial score (nSPS) is 20.9. The molecule has 1 heterocycles. The van der Waals surface area contributed by atoms with Crippen molar-refractivity contribution in [3.63, 3.8) is 0 Å². The van der Waals surface area contributed by atoms with Crippen LogP contribution in [-0.2, 0) is 23.1 Å². The van der Waals surface area contributed by atoms with Crippen LogP contribution >= 0.6 is 11.8 Å². The number of amides is 1. The van der Waals surface area contributed by atoms with Gasteiger partial charge in [0.05, 0.1) is 5.37 Å². The fourth-order valence-corrected chi connectivity index (χ4v) is 5.00. The van der Waals surface area contributed by atoms with Gasteiger partial charge in [-0.3, -0.25) is 4.79 Å². The number of benzene rings is 2. The summed E-state index contributed by atoms with van der Waals surface area (Å²) < 4.78 is 0. The number of carbonyl (C=O) groups is 1. The Morgan fingerprint density at radius 2 is 1.72 bits per heavy atom. The Kier molecular flexibility index (Phi) is 4.67. The lowest BCUT2D eigenvalue weighted by Crippen LogP contribution is -2.39. The summed E-state index contributed by atoms with van der Waals surface area (Å²) in [5.41, 5.74) is 3.92. The first-order valence-electron chi connectivity index (χ1n) is 8.97. The highest BCUT2D eigenvalue weighted by molar-refractivity contribution is 8.02. The van der Waals surface area contributed by atoms with Crippen LogP contribution in [0.5, 0.6) is 0 Å². The molecule has 128 valence electrons. The number of fused-ring (bicyclic) bond motifs is 1. The number of hydrogen-bond donors (Lipinski definition) is 1. The largest absolute Gasteiger partial charge is 0.344 e. The van der Waals surface area contributed by atoms with Crippen molar-refractivity contribution < 1.29 is 4.79 Å². The zero-order valence-corrected chi connectivity index (χ0v) is 15.1. The Hall–Kier alpha value is -2.00. The zero-order chi connectivity index (χ0) is 17.1. The minimum Gasteiger partial charge on any atom is -0.344 e. The van der Waals surface area contributed by atoms with Gasteiger partial charge in [0.1, 0.15) is 0 Å². The summed E-state index contributed by atoms with van der Waals surface area (Å²) in [6.07, 6.45) is 6.67. The highest BCUT2D eigenvalue weighted by atomic mass is 32.2. The molecule has 1 aliphatic carbocycles. The third-order valence-electron chi connectivity index (χ3n) is 5.32. The Bertz CT molecular complexity index is 759. The molecule has 0 spiro atoms. The van der Waals surface area contributed by atoms with Crippen LogP contribution in [0.1, 0.15) is 36.0 Å². The van der Waals surface area contributed by atoms with Crippen LogP contribution in [0.25, 0.3) is 0 Å². The Morgan fingerprint density at radius 1 is 1.04 bits per heavy atom. The lowest BCUT2D eigenvalue weighted by molar-refractivity contribution is -0.122. The van der Waals surface area contributed by atoms with Crippen LogP contribution in [0.3, 0.4) is 0 Å². The van der Waals surface area contributed by atoms with Crippen molar-refractivity contribution in [2.24, 2.45) is 0 Å². The van der Waals surface area contributed by atoms with Crippen LogP contribution in [0, 0.1) is 0 Å². The predicted octanol–water partition coefficient (Wildman–Crippen LogP) is 4.60. The summed E-state index contributed by atoms with van der Waals surface area (Å²) >= 11 is 1.72. The molecule has 25 heavy (non-hydrogen) atoms. The van der Waals surface area contributed by atoms with E-state index in [4.69, 9.17) is 0 Å². The van der Waals surface area contributed by atoms with E-state index in [1.165, 1.54) is 16.7 Å².